The number of aromatic nitrogens is 1. The number of halogens is 3. The number of nitrogens with zero attached hydrogens (tertiary/aromatic N) is 1. The Labute approximate surface area is 217 Å². The summed E-state index contributed by atoms with van der Waals surface area (Å²) in [5.41, 5.74) is 2.16. The van der Waals surface area contributed by atoms with Crippen molar-refractivity contribution in [1.29, 1.82) is 0 Å². The standard InChI is InChI=1S/C31H24F3NO3/c32-31(33,34)27-11-5-10-26-29(28(19-35-30(26)27)38-24-7-2-1-3-8-24)23-6-4-9-25(18-23)37-20-22-14-12-21(13-15-22)16-17-36/h1-15,18-19,36H,16-17,20H2. The van der Waals surface area contributed by atoms with Crippen molar-refractivity contribution in [3.8, 4) is 28.4 Å². The van der Waals surface area contributed by atoms with Gasteiger partial charge in [-0.3, -0.25) is 4.98 Å². The number of para-hydroxylation sites is 2. The molecule has 0 radical (unpaired) electrons. The van der Waals surface area contributed by atoms with Crippen LogP contribution in [0.25, 0.3) is 22.0 Å². The number of rotatable bonds is 8. The fraction of sp³-hybridized carbons (Fsp3) is 0.129. The molecule has 0 aliphatic carbocycles. The van der Waals surface area contributed by atoms with E-state index in [1.165, 1.54) is 12.3 Å². The van der Waals surface area contributed by atoms with E-state index in [0.29, 0.717) is 46.8 Å². The normalized spacial score (nSPS) is 11.5. The van der Waals surface area contributed by atoms with E-state index >= 15 is 0 Å². The van der Waals surface area contributed by atoms with E-state index < -0.39 is 11.7 Å². The second kappa shape index (κ2) is 10.9. The molecular formula is C31H24F3NO3. The quantitative estimate of drug-likeness (QED) is 0.229. The predicted octanol–water partition coefficient (Wildman–Crippen LogP) is 7.83. The summed E-state index contributed by atoms with van der Waals surface area (Å²) in [7, 11) is 0. The van der Waals surface area contributed by atoms with Crippen LogP contribution in [0.2, 0.25) is 0 Å². The minimum absolute atomic E-state index is 0.0900. The highest BCUT2D eigenvalue weighted by Gasteiger charge is 2.34. The van der Waals surface area contributed by atoms with Crippen molar-refractivity contribution < 1.29 is 27.8 Å². The monoisotopic (exact) mass is 515 g/mol. The smallest absolute Gasteiger partial charge is 0.418 e. The van der Waals surface area contributed by atoms with Crippen LogP contribution in [0.1, 0.15) is 16.7 Å². The number of ether oxygens (including phenoxy) is 2. The van der Waals surface area contributed by atoms with Crippen LogP contribution in [0.15, 0.2) is 103 Å². The zero-order chi connectivity index (χ0) is 26.5. The Morgan fingerprint density at radius 3 is 2.21 bits per heavy atom. The molecule has 0 fully saturated rings. The van der Waals surface area contributed by atoms with Crippen molar-refractivity contribution in [2.24, 2.45) is 0 Å². The van der Waals surface area contributed by atoms with Gasteiger partial charge in [0.25, 0.3) is 0 Å². The Bertz CT molecular complexity index is 1530. The van der Waals surface area contributed by atoms with Crippen molar-refractivity contribution in [3.63, 3.8) is 0 Å². The molecule has 192 valence electrons. The van der Waals surface area contributed by atoms with Crippen LogP contribution in [0.3, 0.4) is 0 Å². The number of alkyl halides is 3. The number of pyridine rings is 1. The molecule has 0 spiro atoms. The lowest BCUT2D eigenvalue weighted by atomic mass is 9.98. The zero-order valence-electron chi connectivity index (χ0n) is 20.3. The number of benzene rings is 4. The van der Waals surface area contributed by atoms with Crippen molar-refractivity contribution in [3.05, 3.63) is 120 Å². The summed E-state index contributed by atoms with van der Waals surface area (Å²) < 4.78 is 53.5. The molecule has 0 atom stereocenters. The Hall–Kier alpha value is -4.36. The predicted molar refractivity (Wildman–Crippen MR) is 140 cm³/mol. The van der Waals surface area contributed by atoms with Gasteiger partial charge in [0, 0.05) is 17.6 Å². The lowest BCUT2D eigenvalue weighted by Gasteiger charge is -2.17. The van der Waals surface area contributed by atoms with Gasteiger partial charge in [-0.05, 0) is 53.4 Å². The Kier molecular flexibility index (Phi) is 7.29. The number of aliphatic hydroxyl groups excluding tert-OH is 1. The third-order valence-electron chi connectivity index (χ3n) is 6.09. The third kappa shape index (κ3) is 5.63. The molecule has 1 N–H and O–H groups in total. The number of aliphatic hydroxyl groups is 1. The van der Waals surface area contributed by atoms with Crippen LogP contribution in [0.4, 0.5) is 13.2 Å². The molecule has 0 bridgehead atoms. The summed E-state index contributed by atoms with van der Waals surface area (Å²) in [6.45, 7) is 0.401. The molecule has 0 saturated carbocycles. The molecule has 38 heavy (non-hydrogen) atoms. The molecule has 7 heteroatoms. The van der Waals surface area contributed by atoms with Gasteiger partial charge >= 0.3 is 6.18 Å². The van der Waals surface area contributed by atoms with Crippen LogP contribution in [-0.2, 0) is 19.2 Å². The van der Waals surface area contributed by atoms with E-state index in [0.717, 1.165) is 17.2 Å². The lowest BCUT2D eigenvalue weighted by Crippen LogP contribution is -2.07. The average molecular weight is 516 g/mol. The van der Waals surface area contributed by atoms with Crippen LogP contribution < -0.4 is 9.47 Å². The highest BCUT2D eigenvalue weighted by Crippen LogP contribution is 2.42. The number of fused-ring (bicyclic) bond motifs is 1. The van der Waals surface area contributed by atoms with Crippen molar-refractivity contribution >= 4 is 10.9 Å². The van der Waals surface area contributed by atoms with Gasteiger partial charge < -0.3 is 14.6 Å². The average Bonchev–Trinajstić information content (AvgIpc) is 2.92. The summed E-state index contributed by atoms with van der Waals surface area (Å²) in [5, 5.41) is 9.41. The molecule has 5 aromatic rings. The summed E-state index contributed by atoms with van der Waals surface area (Å²) >= 11 is 0. The fourth-order valence-corrected chi connectivity index (χ4v) is 4.26. The highest BCUT2D eigenvalue weighted by atomic mass is 19.4. The van der Waals surface area contributed by atoms with Crippen LogP contribution in [-0.4, -0.2) is 16.7 Å². The van der Waals surface area contributed by atoms with Gasteiger partial charge in [-0.15, -0.1) is 0 Å². The Morgan fingerprint density at radius 1 is 0.763 bits per heavy atom. The van der Waals surface area contributed by atoms with E-state index in [-0.39, 0.29) is 12.1 Å². The van der Waals surface area contributed by atoms with Gasteiger partial charge in [-0.25, -0.2) is 0 Å². The largest absolute Gasteiger partial charge is 0.489 e. The first-order chi connectivity index (χ1) is 18.4. The Balaban J connectivity index is 1.54. The minimum Gasteiger partial charge on any atom is -0.489 e. The van der Waals surface area contributed by atoms with E-state index in [1.54, 1.807) is 36.4 Å². The van der Waals surface area contributed by atoms with E-state index in [1.807, 2.05) is 48.5 Å². The topological polar surface area (TPSA) is 51.6 Å². The molecule has 0 saturated heterocycles. The fourth-order valence-electron chi connectivity index (χ4n) is 4.26. The Morgan fingerprint density at radius 2 is 1.47 bits per heavy atom. The van der Waals surface area contributed by atoms with Crippen LogP contribution in [0.5, 0.6) is 17.2 Å². The summed E-state index contributed by atoms with van der Waals surface area (Å²) in [5.74, 6) is 1.43. The van der Waals surface area contributed by atoms with Gasteiger partial charge in [0.05, 0.1) is 17.3 Å². The SMILES string of the molecule is OCCc1ccc(COc2cccc(-c3c(Oc4ccccc4)cnc4c(C(F)(F)F)cccc34)c2)cc1. The molecule has 4 aromatic carbocycles. The molecule has 4 nitrogen and oxygen atoms in total. The summed E-state index contributed by atoms with van der Waals surface area (Å²) in [6.07, 6.45) is -2.63. The van der Waals surface area contributed by atoms with Gasteiger partial charge in [0.2, 0.25) is 0 Å². The second-order valence-corrected chi connectivity index (χ2v) is 8.72. The van der Waals surface area contributed by atoms with E-state index in [4.69, 9.17) is 14.6 Å². The van der Waals surface area contributed by atoms with Gasteiger partial charge in [0.15, 0.2) is 5.75 Å². The number of hydrogen-bond acceptors (Lipinski definition) is 4. The lowest BCUT2D eigenvalue weighted by molar-refractivity contribution is -0.136. The summed E-state index contributed by atoms with van der Waals surface area (Å²) in [4.78, 5) is 4.16. The van der Waals surface area contributed by atoms with Gasteiger partial charge in [0.1, 0.15) is 18.1 Å². The molecule has 1 heterocycles. The molecule has 1 aromatic heterocycles. The van der Waals surface area contributed by atoms with Crippen molar-refractivity contribution in [2.45, 2.75) is 19.2 Å². The third-order valence-corrected chi connectivity index (χ3v) is 6.09. The maximum Gasteiger partial charge on any atom is 0.418 e. The first-order valence-electron chi connectivity index (χ1n) is 12.1. The maximum atomic E-state index is 13.8. The van der Waals surface area contributed by atoms with Gasteiger partial charge in [-0.1, -0.05) is 66.7 Å². The molecule has 5 rings (SSSR count). The summed E-state index contributed by atoms with van der Waals surface area (Å²) in [6, 6.07) is 28.0. The molecule has 0 amide bonds. The van der Waals surface area contributed by atoms with E-state index in [2.05, 4.69) is 4.98 Å². The second-order valence-electron chi connectivity index (χ2n) is 8.72. The maximum absolute atomic E-state index is 13.8. The molecule has 0 aliphatic rings. The first-order valence-corrected chi connectivity index (χ1v) is 12.1. The van der Waals surface area contributed by atoms with Gasteiger partial charge in [-0.2, -0.15) is 13.2 Å². The van der Waals surface area contributed by atoms with Crippen molar-refractivity contribution in [1.82, 2.24) is 4.98 Å². The van der Waals surface area contributed by atoms with Crippen LogP contribution in [0, 0.1) is 0 Å². The number of hydrogen-bond donors (Lipinski definition) is 1. The molecule has 0 unspecified atom stereocenters. The zero-order valence-corrected chi connectivity index (χ0v) is 20.3. The minimum atomic E-state index is -4.55. The van der Waals surface area contributed by atoms with E-state index in [9.17, 15) is 13.2 Å². The molecular weight excluding hydrogens is 491 g/mol. The van der Waals surface area contributed by atoms with Crippen molar-refractivity contribution in [2.75, 3.05) is 6.61 Å². The highest BCUT2D eigenvalue weighted by molar-refractivity contribution is 5.99. The first kappa shape index (κ1) is 25.3. The molecule has 0 aliphatic heterocycles. The van der Waals surface area contributed by atoms with Crippen LogP contribution >= 0.6 is 0 Å².